The first kappa shape index (κ1) is 25.3. The van der Waals surface area contributed by atoms with E-state index in [0.717, 1.165) is 23.0 Å². The molecule has 2 aromatic rings. The van der Waals surface area contributed by atoms with Crippen molar-refractivity contribution < 1.29 is 18.9 Å². The van der Waals surface area contributed by atoms with Crippen LogP contribution in [0.15, 0.2) is 36.4 Å². The summed E-state index contributed by atoms with van der Waals surface area (Å²) in [5.41, 5.74) is 1.25. The predicted molar refractivity (Wildman–Crippen MR) is 137 cm³/mol. The average molecular weight is 461 g/mol. The first-order valence-corrected chi connectivity index (χ1v) is 15.0. The third-order valence-electron chi connectivity index (χ3n) is 4.45. The van der Waals surface area contributed by atoms with Crippen LogP contribution in [0.25, 0.3) is 0 Å². The number of hydrogen-bond donors (Lipinski definition) is 0. The second-order valence-corrected chi connectivity index (χ2v) is 14.4. The van der Waals surface area contributed by atoms with Crippen molar-refractivity contribution in [3.63, 3.8) is 0 Å². The van der Waals surface area contributed by atoms with Crippen LogP contribution in [-0.2, 0) is 0 Å². The topological polar surface area (TPSA) is 36.9 Å². The van der Waals surface area contributed by atoms with Gasteiger partial charge < -0.3 is 18.9 Å². The molecule has 6 heteroatoms. The third kappa shape index (κ3) is 8.26. The molecule has 0 spiro atoms. The summed E-state index contributed by atoms with van der Waals surface area (Å²) in [5.74, 6) is 3.63. The van der Waals surface area contributed by atoms with Crippen molar-refractivity contribution in [2.24, 2.45) is 0 Å². The van der Waals surface area contributed by atoms with Crippen molar-refractivity contribution >= 4 is 29.4 Å². The SMILES string of the molecule is CC(C)Oc1cccc([SiH2]C[SiH2]c2cccc(OC(C)C)c2OC(C)C)c1OC(C)C. The maximum Gasteiger partial charge on any atom is 0.161 e. The number of benzene rings is 2. The lowest BCUT2D eigenvalue weighted by Crippen LogP contribution is -2.27. The number of rotatable bonds is 12. The molecule has 0 N–H and O–H groups in total. The van der Waals surface area contributed by atoms with E-state index in [9.17, 15) is 0 Å². The standard InChI is InChI=1S/C25H40O4Si2/c1-16(2)26-20-11-9-13-22(24(20)28-18(5)6)30-15-31-23-14-10-12-21(27-17(3)4)25(23)29-19(7)8/h9-14,16-19H,15,30-31H2,1-8H3. The molecule has 0 amide bonds. The maximum atomic E-state index is 6.20. The van der Waals surface area contributed by atoms with Crippen LogP contribution in [0.5, 0.6) is 23.0 Å². The van der Waals surface area contributed by atoms with Crippen molar-refractivity contribution in [1.29, 1.82) is 0 Å². The van der Waals surface area contributed by atoms with E-state index in [4.69, 9.17) is 18.9 Å². The van der Waals surface area contributed by atoms with Crippen molar-refractivity contribution in [3.05, 3.63) is 36.4 Å². The third-order valence-corrected chi connectivity index (χ3v) is 9.46. The fourth-order valence-corrected chi connectivity index (χ4v) is 8.75. The van der Waals surface area contributed by atoms with Crippen LogP contribution >= 0.6 is 0 Å². The Bertz CT molecular complexity index is 752. The fraction of sp³-hybridized carbons (Fsp3) is 0.520. The minimum Gasteiger partial charge on any atom is -0.487 e. The fourth-order valence-electron chi connectivity index (χ4n) is 3.42. The molecule has 0 bridgehead atoms. The minimum absolute atomic E-state index is 0.123. The molecular weight excluding hydrogens is 420 g/mol. The summed E-state index contributed by atoms with van der Waals surface area (Å²) in [6.07, 6.45) is 0.496. The summed E-state index contributed by atoms with van der Waals surface area (Å²) in [4.78, 5) is 0. The van der Waals surface area contributed by atoms with Crippen molar-refractivity contribution in [3.8, 4) is 23.0 Å². The van der Waals surface area contributed by atoms with E-state index in [1.807, 2.05) is 12.1 Å². The largest absolute Gasteiger partial charge is 0.487 e. The molecule has 172 valence electrons. The lowest BCUT2D eigenvalue weighted by Gasteiger charge is -2.21. The summed E-state index contributed by atoms with van der Waals surface area (Å²) in [7, 11) is -0.999. The Balaban J connectivity index is 2.21. The lowest BCUT2D eigenvalue weighted by atomic mass is 10.3. The normalized spacial score (nSPS) is 12.3. The van der Waals surface area contributed by atoms with Crippen LogP contribution in [0, 0.1) is 0 Å². The first-order chi connectivity index (χ1) is 14.7. The molecule has 2 rings (SSSR count). The van der Waals surface area contributed by atoms with Crippen molar-refractivity contribution in [2.75, 3.05) is 0 Å². The van der Waals surface area contributed by atoms with E-state index in [2.05, 4.69) is 79.7 Å². The second-order valence-electron chi connectivity index (χ2n) is 9.01. The molecule has 0 heterocycles. The van der Waals surface area contributed by atoms with Gasteiger partial charge in [0.1, 0.15) is 0 Å². The molecule has 31 heavy (non-hydrogen) atoms. The maximum absolute atomic E-state index is 6.20. The Labute approximate surface area is 193 Å². The van der Waals surface area contributed by atoms with Crippen molar-refractivity contribution in [1.82, 2.24) is 0 Å². The van der Waals surface area contributed by atoms with Gasteiger partial charge in [-0.1, -0.05) is 29.9 Å². The van der Waals surface area contributed by atoms with E-state index >= 15 is 0 Å². The van der Waals surface area contributed by atoms with Crippen LogP contribution in [-0.4, -0.2) is 43.5 Å². The number of ether oxygens (including phenoxy) is 4. The Hall–Kier alpha value is -1.93. The lowest BCUT2D eigenvalue weighted by molar-refractivity contribution is 0.200. The average Bonchev–Trinajstić information content (AvgIpc) is 2.65. The zero-order valence-corrected chi connectivity index (χ0v) is 23.4. The highest BCUT2D eigenvalue weighted by molar-refractivity contribution is 6.72. The summed E-state index contributed by atoms with van der Waals surface area (Å²) in [5, 5.41) is 2.69. The van der Waals surface area contributed by atoms with E-state index < -0.39 is 19.0 Å². The molecule has 0 aliphatic rings. The van der Waals surface area contributed by atoms with E-state index in [0.29, 0.717) is 0 Å². The highest BCUT2D eigenvalue weighted by Crippen LogP contribution is 2.28. The van der Waals surface area contributed by atoms with Gasteiger partial charge >= 0.3 is 0 Å². The molecule has 0 aliphatic heterocycles. The van der Waals surface area contributed by atoms with Gasteiger partial charge in [-0.2, -0.15) is 0 Å². The molecule has 0 atom stereocenters. The van der Waals surface area contributed by atoms with Crippen molar-refractivity contribution in [2.45, 2.75) is 85.5 Å². The Morgan fingerprint density at radius 2 is 0.903 bits per heavy atom. The summed E-state index contributed by atoms with van der Waals surface area (Å²) in [6, 6.07) is 12.7. The minimum atomic E-state index is -0.499. The molecule has 0 unspecified atom stereocenters. The quantitative estimate of drug-likeness (QED) is 0.454. The van der Waals surface area contributed by atoms with Gasteiger partial charge in [0.05, 0.1) is 43.5 Å². The Kier molecular flexibility index (Phi) is 9.97. The molecule has 0 aromatic heterocycles. The highest BCUT2D eigenvalue weighted by Gasteiger charge is 2.17. The molecule has 0 saturated heterocycles. The van der Waals surface area contributed by atoms with Gasteiger partial charge in [0.2, 0.25) is 0 Å². The zero-order valence-electron chi connectivity index (χ0n) is 20.5. The molecule has 0 saturated carbocycles. The van der Waals surface area contributed by atoms with Gasteiger partial charge in [-0.05, 0) is 77.9 Å². The molecule has 0 fully saturated rings. The summed E-state index contributed by atoms with van der Waals surface area (Å²) in [6.45, 7) is 16.5. The first-order valence-electron chi connectivity index (χ1n) is 11.6. The van der Waals surface area contributed by atoms with Gasteiger partial charge in [-0.25, -0.2) is 0 Å². The monoisotopic (exact) mass is 460 g/mol. The van der Waals surface area contributed by atoms with E-state index in [1.165, 1.54) is 16.0 Å². The van der Waals surface area contributed by atoms with Crippen LogP contribution in [0.2, 0.25) is 5.67 Å². The van der Waals surface area contributed by atoms with Gasteiger partial charge in [0.25, 0.3) is 0 Å². The highest BCUT2D eigenvalue weighted by atomic mass is 28.3. The van der Waals surface area contributed by atoms with Crippen LogP contribution in [0.1, 0.15) is 55.4 Å². The summed E-state index contributed by atoms with van der Waals surface area (Å²) < 4.78 is 24.5. The second kappa shape index (κ2) is 12.2. The molecular formula is C25H40O4Si2. The van der Waals surface area contributed by atoms with Gasteiger partial charge in [-0.3, -0.25) is 0 Å². The molecule has 0 aliphatic carbocycles. The van der Waals surface area contributed by atoms with Gasteiger partial charge in [0, 0.05) is 0 Å². The summed E-state index contributed by atoms with van der Waals surface area (Å²) >= 11 is 0. The molecule has 0 radical (unpaired) electrons. The molecule has 4 nitrogen and oxygen atoms in total. The zero-order chi connectivity index (χ0) is 23.0. The predicted octanol–water partition coefficient (Wildman–Crippen LogP) is 3.50. The number of hydrogen-bond acceptors (Lipinski definition) is 4. The molecule has 2 aromatic carbocycles. The smallest absolute Gasteiger partial charge is 0.161 e. The van der Waals surface area contributed by atoms with E-state index in [1.54, 1.807) is 0 Å². The number of para-hydroxylation sites is 2. The van der Waals surface area contributed by atoms with Crippen LogP contribution in [0.4, 0.5) is 0 Å². The van der Waals surface area contributed by atoms with Gasteiger partial charge in [-0.15, -0.1) is 0 Å². The van der Waals surface area contributed by atoms with Crippen LogP contribution in [0.3, 0.4) is 0 Å². The Morgan fingerprint density at radius 3 is 1.23 bits per heavy atom. The Morgan fingerprint density at radius 1 is 0.548 bits per heavy atom. The van der Waals surface area contributed by atoms with E-state index in [-0.39, 0.29) is 24.4 Å². The van der Waals surface area contributed by atoms with Crippen LogP contribution < -0.4 is 29.3 Å². The van der Waals surface area contributed by atoms with Gasteiger partial charge in [0.15, 0.2) is 23.0 Å².